The van der Waals surface area contributed by atoms with Crippen LogP contribution in [0.2, 0.25) is 0 Å². The second-order valence-electron chi connectivity index (χ2n) is 6.33. The summed E-state index contributed by atoms with van der Waals surface area (Å²) in [6.07, 6.45) is 2.96. The van der Waals surface area contributed by atoms with Gasteiger partial charge in [-0.3, -0.25) is 9.78 Å². The van der Waals surface area contributed by atoms with Crippen molar-refractivity contribution in [1.29, 1.82) is 0 Å². The number of hydrogen-bond donors (Lipinski definition) is 2. The van der Waals surface area contributed by atoms with Gasteiger partial charge in [0.15, 0.2) is 0 Å². The molecule has 128 valence electrons. The Kier molecular flexibility index (Phi) is 5.59. The summed E-state index contributed by atoms with van der Waals surface area (Å²) in [5, 5.41) is 20.2. The first-order chi connectivity index (χ1) is 11.0. The average molecular weight is 322 g/mol. The average Bonchev–Trinajstić information content (AvgIpc) is 2.56. The molecule has 1 aliphatic heterocycles. The SMILES string of the molecule is CCC[C@@]1(CO)CN(C(=O)c2cc(C)ncc2OC)CC[C@@H]1O. The number of piperidine rings is 1. The van der Waals surface area contributed by atoms with E-state index < -0.39 is 11.5 Å². The Hall–Kier alpha value is -1.66. The first-order valence-electron chi connectivity index (χ1n) is 8.06. The van der Waals surface area contributed by atoms with Gasteiger partial charge in [-0.05, 0) is 25.8 Å². The molecule has 2 atom stereocenters. The lowest BCUT2D eigenvalue weighted by Crippen LogP contribution is -2.55. The van der Waals surface area contributed by atoms with E-state index in [0.717, 1.165) is 12.1 Å². The van der Waals surface area contributed by atoms with E-state index in [0.29, 0.717) is 37.2 Å². The van der Waals surface area contributed by atoms with Gasteiger partial charge in [0.25, 0.3) is 5.91 Å². The van der Waals surface area contributed by atoms with Crippen LogP contribution in [0, 0.1) is 12.3 Å². The number of pyridine rings is 1. The first kappa shape index (κ1) is 17.7. The van der Waals surface area contributed by atoms with Crippen LogP contribution in [-0.4, -0.2) is 58.9 Å². The summed E-state index contributed by atoms with van der Waals surface area (Å²) in [5.41, 5.74) is 0.575. The Morgan fingerprint density at radius 3 is 2.91 bits per heavy atom. The number of ether oxygens (including phenoxy) is 1. The third-order valence-electron chi connectivity index (χ3n) is 4.69. The van der Waals surface area contributed by atoms with E-state index in [9.17, 15) is 15.0 Å². The molecule has 2 rings (SSSR count). The van der Waals surface area contributed by atoms with Crippen molar-refractivity contribution in [1.82, 2.24) is 9.88 Å². The molecule has 1 aromatic rings. The fourth-order valence-corrected chi connectivity index (χ4v) is 3.35. The number of aryl methyl sites for hydroxylation is 1. The van der Waals surface area contributed by atoms with Crippen LogP contribution in [0.5, 0.6) is 5.75 Å². The van der Waals surface area contributed by atoms with Gasteiger partial charge in [0, 0.05) is 24.2 Å². The van der Waals surface area contributed by atoms with Crippen LogP contribution in [0.4, 0.5) is 0 Å². The molecule has 1 fully saturated rings. The number of carbonyl (C=O) groups excluding carboxylic acids is 1. The van der Waals surface area contributed by atoms with Gasteiger partial charge in [0.05, 0.1) is 31.6 Å². The molecule has 2 heterocycles. The Labute approximate surface area is 137 Å². The Morgan fingerprint density at radius 1 is 1.57 bits per heavy atom. The van der Waals surface area contributed by atoms with Crippen molar-refractivity contribution < 1.29 is 19.7 Å². The highest BCUT2D eigenvalue weighted by atomic mass is 16.5. The van der Waals surface area contributed by atoms with Crippen LogP contribution in [-0.2, 0) is 0 Å². The van der Waals surface area contributed by atoms with Crippen LogP contribution in [0.3, 0.4) is 0 Å². The van der Waals surface area contributed by atoms with Crippen molar-refractivity contribution >= 4 is 5.91 Å². The van der Waals surface area contributed by atoms with Crippen molar-refractivity contribution in [2.24, 2.45) is 5.41 Å². The number of amides is 1. The van der Waals surface area contributed by atoms with Crippen LogP contribution >= 0.6 is 0 Å². The van der Waals surface area contributed by atoms with Gasteiger partial charge in [0.2, 0.25) is 0 Å². The Balaban J connectivity index is 2.28. The zero-order chi connectivity index (χ0) is 17.0. The summed E-state index contributed by atoms with van der Waals surface area (Å²) in [4.78, 5) is 18.8. The van der Waals surface area contributed by atoms with Crippen LogP contribution in [0.25, 0.3) is 0 Å². The smallest absolute Gasteiger partial charge is 0.257 e. The third-order valence-corrected chi connectivity index (χ3v) is 4.69. The van der Waals surface area contributed by atoms with E-state index >= 15 is 0 Å². The van der Waals surface area contributed by atoms with Gasteiger partial charge in [-0.1, -0.05) is 13.3 Å². The fourth-order valence-electron chi connectivity index (χ4n) is 3.35. The van der Waals surface area contributed by atoms with E-state index in [2.05, 4.69) is 4.98 Å². The number of methoxy groups -OCH3 is 1. The predicted molar refractivity (Wildman–Crippen MR) is 86.5 cm³/mol. The molecule has 6 heteroatoms. The van der Waals surface area contributed by atoms with Gasteiger partial charge < -0.3 is 19.8 Å². The maximum atomic E-state index is 12.9. The predicted octanol–water partition coefficient (Wildman–Crippen LogP) is 1.38. The molecule has 1 aliphatic rings. The van der Waals surface area contributed by atoms with E-state index in [1.54, 1.807) is 17.2 Å². The first-order valence-corrected chi connectivity index (χ1v) is 8.06. The van der Waals surface area contributed by atoms with E-state index in [1.165, 1.54) is 7.11 Å². The minimum atomic E-state index is -0.641. The molecule has 0 aliphatic carbocycles. The largest absolute Gasteiger partial charge is 0.494 e. The molecule has 1 aromatic heterocycles. The lowest BCUT2D eigenvalue weighted by atomic mass is 9.74. The molecule has 6 nitrogen and oxygen atoms in total. The molecule has 23 heavy (non-hydrogen) atoms. The van der Waals surface area contributed by atoms with Crippen molar-refractivity contribution in [3.63, 3.8) is 0 Å². The maximum absolute atomic E-state index is 12.9. The van der Waals surface area contributed by atoms with E-state index in [-0.39, 0.29) is 12.5 Å². The summed E-state index contributed by atoms with van der Waals surface area (Å²) >= 11 is 0. The zero-order valence-corrected chi connectivity index (χ0v) is 14.1. The number of aliphatic hydroxyl groups is 2. The van der Waals surface area contributed by atoms with Gasteiger partial charge in [-0.25, -0.2) is 0 Å². The Bertz CT molecular complexity index is 564. The second kappa shape index (κ2) is 7.27. The summed E-state index contributed by atoms with van der Waals surface area (Å²) in [6.45, 7) is 4.53. The number of nitrogens with zero attached hydrogens (tertiary/aromatic N) is 2. The minimum Gasteiger partial charge on any atom is -0.494 e. The topological polar surface area (TPSA) is 82.9 Å². The van der Waals surface area contributed by atoms with Crippen LogP contribution in [0.15, 0.2) is 12.3 Å². The lowest BCUT2D eigenvalue weighted by molar-refractivity contribution is -0.0720. The molecule has 0 bridgehead atoms. The molecule has 0 spiro atoms. The molecule has 1 amide bonds. The number of aliphatic hydroxyl groups excluding tert-OH is 2. The summed E-state index contributed by atoms with van der Waals surface area (Å²) in [7, 11) is 1.51. The highest BCUT2D eigenvalue weighted by molar-refractivity contribution is 5.97. The van der Waals surface area contributed by atoms with Crippen LogP contribution < -0.4 is 4.74 Å². The molecular formula is C17H26N2O4. The molecule has 0 unspecified atom stereocenters. The fraction of sp³-hybridized carbons (Fsp3) is 0.647. The molecule has 0 aromatic carbocycles. The van der Waals surface area contributed by atoms with Gasteiger partial charge >= 0.3 is 0 Å². The monoisotopic (exact) mass is 322 g/mol. The van der Waals surface area contributed by atoms with Crippen LogP contribution in [0.1, 0.15) is 42.2 Å². The third kappa shape index (κ3) is 3.48. The number of rotatable bonds is 5. The summed E-state index contributed by atoms with van der Waals surface area (Å²) in [6, 6.07) is 1.71. The summed E-state index contributed by atoms with van der Waals surface area (Å²) < 4.78 is 5.25. The van der Waals surface area contributed by atoms with Gasteiger partial charge in [0.1, 0.15) is 5.75 Å². The number of carbonyl (C=O) groups is 1. The molecule has 0 radical (unpaired) electrons. The Morgan fingerprint density at radius 2 is 2.30 bits per heavy atom. The van der Waals surface area contributed by atoms with Crippen molar-refractivity contribution in [3.05, 3.63) is 23.5 Å². The quantitative estimate of drug-likeness (QED) is 0.856. The molecule has 1 saturated heterocycles. The highest BCUT2D eigenvalue weighted by Gasteiger charge is 2.43. The van der Waals surface area contributed by atoms with Crippen molar-refractivity contribution in [2.45, 2.75) is 39.2 Å². The maximum Gasteiger partial charge on any atom is 0.257 e. The number of likely N-dealkylation sites (tertiary alicyclic amines) is 1. The zero-order valence-electron chi connectivity index (χ0n) is 14.1. The lowest BCUT2D eigenvalue weighted by Gasteiger charge is -2.45. The van der Waals surface area contributed by atoms with Crippen molar-refractivity contribution in [2.75, 3.05) is 26.8 Å². The number of hydrogen-bond acceptors (Lipinski definition) is 5. The molecule has 2 N–H and O–H groups in total. The van der Waals surface area contributed by atoms with Gasteiger partial charge in [-0.2, -0.15) is 0 Å². The second-order valence-corrected chi connectivity index (χ2v) is 6.33. The van der Waals surface area contributed by atoms with Crippen molar-refractivity contribution in [3.8, 4) is 5.75 Å². The normalized spacial score (nSPS) is 24.6. The number of aromatic nitrogens is 1. The molecule has 0 saturated carbocycles. The standard InChI is InChI=1S/C17H26N2O4/c1-4-6-17(11-20)10-19(7-5-15(17)21)16(22)13-8-12(2)18-9-14(13)23-3/h8-9,15,20-21H,4-7,10-11H2,1-3H3/t15-,17-/m0/s1. The minimum absolute atomic E-state index is 0.127. The van der Waals surface area contributed by atoms with E-state index in [4.69, 9.17) is 4.74 Å². The highest BCUT2D eigenvalue weighted by Crippen LogP contribution is 2.35. The van der Waals surface area contributed by atoms with E-state index in [1.807, 2.05) is 13.8 Å². The molecular weight excluding hydrogens is 296 g/mol. The van der Waals surface area contributed by atoms with Gasteiger partial charge in [-0.15, -0.1) is 0 Å². The summed E-state index contributed by atoms with van der Waals surface area (Å²) in [5.74, 6) is 0.296.